The van der Waals surface area contributed by atoms with Crippen LogP contribution in [0.25, 0.3) is 0 Å². The normalized spacial score (nSPS) is 12.0. The number of halogens is 1. The van der Waals surface area contributed by atoms with Gasteiger partial charge in [0.15, 0.2) is 0 Å². The molecule has 1 aliphatic heterocycles. The van der Waals surface area contributed by atoms with Crippen LogP contribution in [0.2, 0.25) is 0 Å². The fraction of sp³-hybridized carbons (Fsp3) is 0.333. The SMILES string of the molecule is Cc1ccc(S(=O)(=O)N2c3cc(F)ccc3CCC2CCc2cccc(OC(C)C)c2)cc1.[B][B]B(B([B])[B])B(B([B])[B])B(B(B(B([B])[B])B([B])[B])B(B([B])[B])B([B])[B])B(B(B(B([B])[B])B([B])[B])B(B([B])[B])B([B])[B])B(B(B([B])[B])B([B])[B])B(B([B])[B])B([B])[B]. The molecule has 0 N–H and O–H groups in total. The van der Waals surface area contributed by atoms with Crippen molar-refractivity contribution in [3.05, 3.63) is 89.2 Å². The van der Waals surface area contributed by atoms with Crippen LogP contribution >= 0.6 is 0 Å². The molecule has 63 heteroatoms. The van der Waals surface area contributed by atoms with Crippen molar-refractivity contribution in [1.82, 2.24) is 0 Å². The van der Waals surface area contributed by atoms with Crippen molar-refractivity contribution in [3.63, 3.8) is 0 Å². The van der Waals surface area contributed by atoms with Crippen LogP contribution in [-0.4, -0.2) is 424 Å². The molecule has 0 aromatic heterocycles. The Kier molecular flexibility index (Phi) is 36.9. The molecule has 0 bridgehead atoms. The Morgan fingerprint density at radius 2 is 0.844 bits per heavy atom. The van der Waals surface area contributed by atoms with Crippen LogP contribution < -0.4 is 9.04 Å². The van der Waals surface area contributed by atoms with Crippen molar-refractivity contribution >= 4 is 420 Å². The fourth-order valence-electron chi connectivity index (χ4n) is 14.1. The van der Waals surface area contributed by atoms with Gasteiger partial charge in [-0.25, -0.2) is 12.8 Å². The number of sulfonamides is 1. The van der Waals surface area contributed by atoms with E-state index in [-0.39, 0.29) is 17.0 Å². The Bertz CT molecular complexity index is 2530. The summed E-state index contributed by atoms with van der Waals surface area (Å²) in [5, 5.41) is 0. The molecule has 0 spiro atoms. The molecule has 3 aromatic carbocycles. The van der Waals surface area contributed by atoms with Crippen LogP contribution in [0.15, 0.2) is 71.6 Å². The lowest BCUT2D eigenvalue weighted by atomic mass is 8.23. The summed E-state index contributed by atoms with van der Waals surface area (Å²) in [5.74, 6) is 0.375. The number of ether oxygens (including phenoxy) is 1. The van der Waals surface area contributed by atoms with E-state index in [1.165, 1.54) is 16.4 Å². The Hall–Kier alpha value is 0.841. The Morgan fingerprint density at radius 3 is 1.18 bits per heavy atom. The third-order valence-corrected chi connectivity index (χ3v) is 19.6. The Morgan fingerprint density at radius 1 is 0.489 bits per heavy atom. The maximum Gasteiger partial charge on any atom is 0.264 e. The van der Waals surface area contributed by atoms with Crippen molar-refractivity contribution in [3.8, 4) is 5.75 Å². The topological polar surface area (TPSA) is 46.6 Å². The van der Waals surface area contributed by atoms with Crippen LogP contribution in [0.5, 0.6) is 5.75 Å². The van der Waals surface area contributed by atoms with Crippen LogP contribution in [0.3, 0.4) is 0 Å². The zero-order valence-corrected chi connectivity index (χ0v) is 53.0. The number of hydrogen-bond acceptors (Lipinski definition) is 3. The average molecular weight is 1080 g/mol. The minimum Gasteiger partial charge on any atom is -0.491 e. The summed E-state index contributed by atoms with van der Waals surface area (Å²) in [7, 11) is 187. The van der Waals surface area contributed by atoms with Gasteiger partial charge in [-0.3, -0.25) is 4.31 Å². The first-order valence-electron chi connectivity index (χ1n) is 30.1. The highest BCUT2D eigenvalue weighted by atomic mass is 32.2. The first-order chi connectivity index (χ1) is 41.7. The summed E-state index contributed by atoms with van der Waals surface area (Å²) in [6, 6.07) is 18.9. The average Bonchev–Trinajstić information content (AvgIpc) is 0.740. The summed E-state index contributed by atoms with van der Waals surface area (Å²) >= 11 is 0. The van der Waals surface area contributed by atoms with Crippen molar-refractivity contribution in [2.75, 3.05) is 4.31 Å². The van der Waals surface area contributed by atoms with Crippen LogP contribution in [0.4, 0.5) is 10.1 Å². The van der Waals surface area contributed by atoms with E-state index < -0.39 is 188 Å². The van der Waals surface area contributed by atoms with Gasteiger partial charge in [0.05, 0.1) is 16.7 Å². The maximum atomic E-state index is 14.2. The van der Waals surface area contributed by atoms with E-state index in [2.05, 4.69) is 0 Å². The van der Waals surface area contributed by atoms with Gasteiger partial charge in [-0.1, -0.05) is 35.9 Å². The van der Waals surface area contributed by atoms with Crippen LogP contribution in [0.1, 0.15) is 43.4 Å². The lowest BCUT2D eigenvalue weighted by Gasteiger charge is -2.58. The minimum atomic E-state index is -3.84. The molecule has 1 atom stereocenters. The molecule has 0 amide bonds. The first-order valence-corrected chi connectivity index (χ1v) is 31.5. The summed E-state index contributed by atoms with van der Waals surface area (Å²) < 4.78 is 49.0. The molecule has 345 valence electrons. The summed E-state index contributed by atoms with van der Waals surface area (Å²) in [6.45, 7) is 5.89. The van der Waals surface area contributed by atoms with E-state index in [9.17, 15) is 12.8 Å². The predicted molar refractivity (Wildman–Crippen MR) is 458 cm³/mol. The molecule has 0 aliphatic carbocycles. The van der Waals surface area contributed by atoms with E-state index in [0.717, 1.165) is 35.9 Å². The van der Waals surface area contributed by atoms with Gasteiger partial charge in [0.25, 0.3) is 10.0 Å². The molecular formula is C27H30B57FNO3S. The third kappa shape index (κ3) is 22.7. The highest BCUT2D eigenvalue weighted by Crippen LogP contribution is 2.38. The van der Waals surface area contributed by atoms with Gasteiger partial charge < -0.3 is 4.74 Å². The lowest BCUT2D eigenvalue weighted by molar-refractivity contribution is 0.242. The van der Waals surface area contributed by atoms with Gasteiger partial charge in [-0.15, -0.1) is 0 Å². The zero-order chi connectivity index (χ0) is 68.9. The molecule has 0 saturated carbocycles. The minimum absolute atomic E-state index is 0.0835. The lowest BCUT2D eigenvalue weighted by Crippen LogP contribution is -2.96. The van der Waals surface area contributed by atoms with Crippen molar-refractivity contribution in [2.45, 2.75) is 63.5 Å². The van der Waals surface area contributed by atoms with Crippen LogP contribution in [0, 0.1) is 12.7 Å². The first kappa shape index (κ1) is 85.1. The highest BCUT2D eigenvalue weighted by molar-refractivity contribution is 8.37. The summed E-state index contributed by atoms with van der Waals surface area (Å²) in [5.41, 5.74) is 3.38. The molecule has 4 nitrogen and oxygen atoms in total. The largest absolute Gasteiger partial charge is 0.491 e. The zero-order valence-electron chi connectivity index (χ0n) is 52.2. The Balaban J connectivity index is 0.000000536. The van der Waals surface area contributed by atoms with Crippen LogP contribution in [-0.2, 0) is 22.9 Å². The number of anilines is 1. The highest BCUT2D eigenvalue weighted by Gasteiger charge is 2.62. The second kappa shape index (κ2) is 39.0. The summed E-state index contributed by atoms with van der Waals surface area (Å²) in [4.78, 5) is 0.225. The molecule has 59 radical (unpaired) electrons. The predicted octanol–water partition coefficient (Wildman–Crippen LogP) is -15.6. The standard InChI is InChI=1S/C27H30FNO3S.B57/c1-19(2)32-25-6-4-5-21(17-25)9-13-24-14-11-22-10-12-23(28)18-27(22)29(24)33(30,31)26-15-7-20(3)8-16-26;1-30-45(31(2)3)52(44(28)29)56(53(46(32(4)5)33(6)7)47(34(8)9)35(10)11)57(54(48(36(12)13)37(14)15)49(38(16)17)39(18)19)55(50(40(20)21)41(22)23)51(42(24)25)43(26)27/h4-8,10,12,15-19,24H,9,11,13-14H2,1-3H3;. The molecule has 90 heavy (non-hydrogen) atoms. The third-order valence-electron chi connectivity index (χ3n) is 17.8. The van der Waals surface area contributed by atoms with Crippen molar-refractivity contribution in [1.29, 1.82) is 0 Å². The molecule has 4 rings (SSSR count). The van der Waals surface area contributed by atoms with Crippen molar-refractivity contribution < 1.29 is 17.5 Å². The fourth-order valence-corrected chi connectivity index (χ4v) is 15.9. The number of benzene rings is 3. The van der Waals surface area contributed by atoms with E-state index in [4.69, 9.17) is 229 Å². The molecule has 1 aliphatic rings. The van der Waals surface area contributed by atoms with Gasteiger partial charge in [-0.2, -0.15) is 0 Å². The van der Waals surface area contributed by atoms with Gasteiger partial charge in [-0.05, 0) is 94.0 Å². The molecule has 1 unspecified atom stereocenters. The van der Waals surface area contributed by atoms with Gasteiger partial charge >= 0.3 is 0 Å². The molecule has 0 fully saturated rings. The second-order valence-corrected chi connectivity index (χ2v) is 26.5. The number of hydrogen-bond donors (Lipinski definition) is 0. The second-order valence-electron chi connectivity index (χ2n) is 24.7. The molecule has 3 aromatic rings. The molecular weight excluding hydrogens is 1050 g/mol. The number of rotatable bonds is 34. The summed E-state index contributed by atoms with van der Waals surface area (Å²) in [6.07, 6.45) is -34.0. The molecule has 1 heterocycles. The van der Waals surface area contributed by atoms with E-state index in [1.807, 2.05) is 45.0 Å². The van der Waals surface area contributed by atoms with Gasteiger partial charge in [0, 0.05) is 410 Å². The monoisotopic (exact) mass is 1090 g/mol. The van der Waals surface area contributed by atoms with E-state index in [0.29, 0.717) is 24.9 Å². The smallest absolute Gasteiger partial charge is 0.264 e. The number of nitrogens with zero attached hydrogens (tertiary/aromatic N) is 1. The number of fused-ring (bicyclic) bond motifs is 1. The maximum absolute atomic E-state index is 14.2. The van der Waals surface area contributed by atoms with E-state index >= 15 is 0 Å². The number of aryl methyl sites for hydroxylation is 3. The molecule has 0 saturated heterocycles. The van der Waals surface area contributed by atoms with Crippen molar-refractivity contribution in [2.24, 2.45) is 0 Å². The quantitative estimate of drug-likeness (QED) is 0.0560. The Labute approximate surface area is 594 Å². The van der Waals surface area contributed by atoms with Gasteiger partial charge in [0.2, 0.25) is 0 Å². The van der Waals surface area contributed by atoms with E-state index in [1.54, 1.807) is 30.3 Å². The van der Waals surface area contributed by atoms with Gasteiger partial charge in [0.1, 0.15) is 11.6 Å².